The first kappa shape index (κ1) is 32.1. The zero-order valence-corrected chi connectivity index (χ0v) is 26.8. The molecule has 250 valence electrons. The van der Waals surface area contributed by atoms with Crippen LogP contribution in [0, 0.1) is 17.3 Å². The third-order valence-corrected chi connectivity index (χ3v) is 9.68. The molecule has 0 aliphatic carbocycles. The predicted molar refractivity (Wildman–Crippen MR) is 175 cm³/mol. The van der Waals surface area contributed by atoms with Crippen LogP contribution in [-0.4, -0.2) is 94.8 Å². The van der Waals surface area contributed by atoms with Crippen molar-refractivity contribution in [1.82, 2.24) is 29.4 Å². The topological polar surface area (TPSA) is 91.1 Å². The van der Waals surface area contributed by atoms with Gasteiger partial charge in [0.15, 0.2) is 5.65 Å². The summed E-state index contributed by atoms with van der Waals surface area (Å²) in [6.45, 7) is 6.71. The van der Waals surface area contributed by atoms with Gasteiger partial charge in [0.25, 0.3) is 5.91 Å². The Labute approximate surface area is 276 Å². The van der Waals surface area contributed by atoms with E-state index in [1.54, 1.807) is 16.8 Å². The van der Waals surface area contributed by atoms with Gasteiger partial charge in [-0.25, -0.2) is 9.50 Å². The van der Waals surface area contributed by atoms with E-state index in [0.717, 1.165) is 70.5 Å². The van der Waals surface area contributed by atoms with Crippen LogP contribution in [0.4, 0.5) is 24.7 Å². The molecule has 0 atom stereocenters. The van der Waals surface area contributed by atoms with Gasteiger partial charge in [0.05, 0.1) is 23.9 Å². The van der Waals surface area contributed by atoms with E-state index in [4.69, 9.17) is 9.84 Å². The molecule has 6 heterocycles. The van der Waals surface area contributed by atoms with Gasteiger partial charge in [-0.1, -0.05) is 12.0 Å². The highest BCUT2D eigenvalue weighted by Crippen LogP contribution is 2.40. The van der Waals surface area contributed by atoms with Crippen molar-refractivity contribution in [3.63, 3.8) is 0 Å². The highest BCUT2D eigenvalue weighted by atomic mass is 19.4. The third kappa shape index (κ3) is 7.01. The number of piperazine rings is 1. The molecule has 1 aromatic carbocycles. The van der Waals surface area contributed by atoms with Crippen molar-refractivity contribution >= 4 is 23.1 Å². The Morgan fingerprint density at radius 2 is 1.79 bits per heavy atom. The van der Waals surface area contributed by atoms with E-state index in [9.17, 15) is 18.0 Å². The number of carbonyl (C=O) groups is 1. The Kier molecular flexibility index (Phi) is 8.80. The number of benzene rings is 1. The molecular weight excluding hydrogens is 621 g/mol. The van der Waals surface area contributed by atoms with Crippen LogP contribution in [0.3, 0.4) is 0 Å². The average Bonchev–Trinajstić information content (AvgIpc) is 3.72. The first-order valence-electron chi connectivity index (χ1n) is 16.2. The Bertz CT molecular complexity index is 1860. The summed E-state index contributed by atoms with van der Waals surface area (Å²) in [4.78, 5) is 28.1. The second-order valence-electron chi connectivity index (χ2n) is 13.0. The van der Waals surface area contributed by atoms with Gasteiger partial charge < -0.3 is 19.9 Å². The summed E-state index contributed by atoms with van der Waals surface area (Å²) in [6, 6.07) is 9.41. The van der Waals surface area contributed by atoms with Gasteiger partial charge in [0.1, 0.15) is 11.5 Å². The van der Waals surface area contributed by atoms with E-state index in [-0.39, 0.29) is 23.4 Å². The molecular formula is C35H37F3N8O2. The van der Waals surface area contributed by atoms with Crippen LogP contribution < -0.4 is 10.2 Å². The Morgan fingerprint density at radius 3 is 2.54 bits per heavy atom. The van der Waals surface area contributed by atoms with Crippen molar-refractivity contribution in [2.24, 2.45) is 5.41 Å². The lowest BCUT2D eigenvalue weighted by Gasteiger charge is -2.38. The molecule has 0 saturated carbocycles. The maximum absolute atomic E-state index is 14.0. The third-order valence-electron chi connectivity index (χ3n) is 9.68. The Morgan fingerprint density at radius 1 is 0.979 bits per heavy atom. The quantitative estimate of drug-likeness (QED) is 0.313. The number of nitrogens with zero attached hydrogens (tertiary/aromatic N) is 7. The lowest BCUT2D eigenvalue weighted by Crippen LogP contribution is -2.44. The van der Waals surface area contributed by atoms with Crippen molar-refractivity contribution in [3.05, 3.63) is 82.9 Å². The molecule has 10 nitrogen and oxygen atoms in total. The van der Waals surface area contributed by atoms with E-state index in [1.807, 2.05) is 24.1 Å². The molecule has 1 N–H and O–H groups in total. The lowest BCUT2D eigenvalue weighted by atomic mass is 9.78. The summed E-state index contributed by atoms with van der Waals surface area (Å²) >= 11 is 0. The number of pyridine rings is 1. The number of aromatic nitrogens is 4. The fourth-order valence-electron chi connectivity index (χ4n) is 6.65. The van der Waals surface area contributed by atoms with Crippen LogP contribution in [0.25, 0.3) is 5.65 Å². The van der Waals surface area contributed by atoms with Crippen LogP contribution >= 0.6 is 0 Å². The van der Waals surface area contributed by atoms with Gasteiger partial charge in [-0.05, 0) is 73.5 Å². The minimum atomic E-state index is -4.56. The molecule has 3 aliphatic heterocycles. The molecule has 4 aromatic rings. The molecule has 1 amide bonds. The summed E-state index contributed by atoms with van der Waals surface area (Å²) in [5, 5.41) is 7.43. The van der Waals surface area contributed by atoms with E-state index < -0.39 is 17.6 Å². The average molecular weight is 659 g/mol. The number of halogens is 3. The molecule has 3 saturated heterocycles. The molecule has 0 unspecified atom stereocenters. The van der Waals surface area contributed by atoms with E-state index in [2.05, 4.69) is 36.9 Å². The number of anilines is 2. The maximum Gasteiger partial charge on any atom is 0.416 e. The molecule has 0 radical (unpaired) electrons. The Balaban J connectivity index is 1.04. The maximum atomic E-state index is 14.0. The standard InChI is InChI=1S/C35H37F3N8O2/c1-43-13-15-44(16-14-43)23-26-3-4-28(19-30(26)35(36,37)38)41-33(47)27-18-25(20-39-21-27)2-5-29-22-40-31-6-7-32(42-46(29)31)45-11-8-34(9-12-45)10-17-48-24-34/h3-4,6-7,18-22H,8-17,23-24H2,1H3,(H,41,47). The number of ether oxygens (including phenoxy) is 1. The molecule has 1 spiro atoms. The smallest absolute Gasteiger partial charge is 0.381 e. The number of hydrogen-bond donors (Lipinski definition) is 1. The zero-order valence-electron chi connectivity index (χ0n) is 26.8. The molecule has 7 rings (SSSR count). The van der Waals surface area contributed by atoms with Crippen LogP contribution in [0.5, 0.6) is 0 Å². The number of piperidine rings is 1. The Hall–Kier alpha value is -4.51. The van der Waals surface area contributed by atoms with Crippen LogP contribution in [-0.2, 0) is 17.5 Å². The molecule has 0 bridgehead atoms. The molecule has 48 heavy (non-hydrogen) atoms. The second-order valence-corrected chi connectivity index (χ2v) is 13.0. The van der Waals surface area contributed by atoms with Gasteiger partial charge >= 0.3 is 6.18 Å². The summed E-state index contributed by atoms with van der Waals surface area (Å²) in [6.07, 6.45) is 3.24. The number of imidazole rings is 1. The van der Waals surface area contributed by atoms with Crippen molar-refractivity contribution in [3.8, 4) is 11.8 Å². The first-order valence-corrected chi connectivity index (χ1v) is 16.2. The molecule has 3 aromatic heterocycles. The number of nitrogens with one attached hydrogen (secondary N) is 1. The summed E-state index contributed by atoms with van der Waals surface area (Å²) in [5.41, 5.74) is 1.66. The van der Waals surface area contributed by atoms with E-state index in [1.165, 1.54) is 24.5 Å². The van der Waals surface area contributed by atoms with E-state index >= 15 is 0 Å². The van der Waals surface area contributed by atoms with Gasteiger partial charge in [-0.2, -0.15) is 13.2 Å². The minimum Gasteiger partial charge on any atom is -0.381 e. The highest BCUT2D eigenvalue weighted by Gasteiger charge is 2.38. The van der Waals surface area contributed by atoms with Crippen molar-refractivity contribution < 1.29 is 22.7 Å². The number of alkyl halides is 3. The van der Waals surface area contributed by atoms with Gasteiger partial charge in [-0.15, -0.1) is 5.10 Å². The lowest BCUT2D eigenvalue weighted by molar-refractivity contribution is -0.138. The highest BCUT2D eigenvalue weighted by molar-refractivity contribution is 6.04. The van der Waals surface area contributed by atoms with Crippen LogP contribution in [0.15, 0.2) is 55.0 Å². The number of amides is 1. The first-order chi connectivity index (χ1) is 23.1. The van der Waals surface area contributed by atoms with Crippen LogP contribution in [0.2, 0.25) is 0 Å². The number of carbonyl (C=O) groups excluding carboxylic acids is 1. The fraction of sp³-hybridized carbons (Fsp3) is 0.429. The monoisotopic (exact) mass is 658 g/mol. The van der Waals surface area contributed by atoms with Crippen molar-refractivity contribution in [2.75, 3.05) is 69.7 Å². The number of fused-ring (bicyclic) bond motifs is 1. The largest absolute Gasteiger partial charge is 0.416 e. The zero-order chi connectivity index (χ0) is 33.3. The number of likely N-dealkylation sites (N-methyl/N-ethyl adjacent to an activating group) is 1. The predicted octanol–water partition coefficient (Wildman–Crippen LogP) is 4.55. The van der Waals surface area contributed by atoms with Crippen LogP contribution in [0.1, 0.15) is 52.0 Å². The number of hydrogen-bond acceptors (Lipinski definition) is 8. The summed E-state index contributed by atoms with van der Waals surface area (Å²) in [7, 11) is 2.00. The SMILES string of the molecule is CN1CCN(Cc2ccc(NC(=O)c3cncc(C#Cc4cnc5ccc(N6CCC7(CCOC7)CC6)nn45)c3)cc2C(F)(F)F)CC1. The van der Waals surface area contributed by atoms with Gasteiger partial charge in [0.2, 0.25) is 0 Å². The van der Waals surface area contributed by atoms with E-state index in [0.29, 0.717) is 35.4 Å². The van der Waals surface area contributed by atoms with Gasteiger partial charge in [0, 0.05) is 76.1 Å². The normalized spacial score (nSPS) is 18.6. The number of rotatable bonds is 5. The molecule has 13 heteroatoms. The summed E-state index contributed by atoms with van der Waals surface area (Å²) in [5.74, 6) is 6.39. The van der Waals surface area contributed by atoms with Gasteiger partial charge in [-0.3, -0.25) is 14.7 Å². The second kappa shape index (κ2) is 13.2. The van der Waals surface area contributed by atoms with Crippen molar-refractivity contribution in [2.45, 2.75) is 32.0 Å². The summed E-state index contributed by atoms with van der Waals surface area (Å²) < 4.78 is 49.5. The van der Waals surface area contributed by atoms with Crippen molar-refractivity contribution in [1.29, 1.82) is 0 Å². The minimum absolute atomic E-state index is 0.0546. The molecule has 3 fully saturated rings. The molecule has 3 aliphatic rings. The fourth-order valence-corrected chi connectivity index (χ4v) is 6.65.